The number of alkyl carbamates (subject to hydrolysis) is 1. The lowest BCUT2D eigenvalue weighted by atomic mass is 10.2. The lowest BCUT2D eigenvalue weighted by Gasteiger charge is -2.21. The molecule has 0 radical (unpaired) electrons. The van der Waals surface area contributed by atoms with Crippen molar-refractivity contribution < 1.29 is 9.53 Å². The number of carbonyl (C=O) groups excluding carboxylic acids is 1. The highest BCUT2D eigenvalue weighted by Gasteiger charge is 2.17. The zero-order valence-corrected chi connectivity index (χ0v) is 12.0. The highest BCUT2D eigenvalue weighted by molar-refractivity contribution is 5.67. The van der Waals surface area contributed by atoms with E-state index in [0.717, 1.165) is 13.1 Å². The van der Waals surface area contributed by atoms with Crippen molar-refractivity contribution in [3.05, 3.63) is 0 Å². The maximum Gasteiger partial charge on any atom is 0.407 e. The van der Waals surface area contributed by atoms with Gasteiger partial charge in [-0.3, -0.25) is 0 Å². The fourth-order valence-corrected chi connectivity index (χ4v) is 1.90. The molecule has 1 aliphatic rings. The second-order valence-electron chi connectivity index (χ2n) is 5.99. The van der Waals surface area contributed by atoms with Gasteiger partial charge in [0, 0.05) is 25.2 Å². The van der Waals surface area contributed by atoms with E-state index in [1.54, 1.807) is 0 Å². The van der Waals surface area contributed by atoms with E-state index in [1.807, 2.05) is 20.8 Å². The van der Waals surface area contributed by atoms with Crippen LogP contribution in [0.15, 0.2) is 0 Å². The normalized spacial score (nSPS) is 21.7. The summed E-state index contributed by atoms with van der Waals surface area (Å²) in [5, 5.41) is 9.61. The van der Waals surface area contributed by atoms with Gasteiger partial charge in [0.1, 0.15) is 5.60 Å². The van der Waals surface area contributed by atoms with E-state index in [-0.39, 0.29) is 12.1 Å². The Morgan fingerprint density at radius 1 is 1.50 bits per heavy atom. The van der Waals surface area contributed by atoms with Crippen LogP contribution in [0.25, 0.3) is 0 Å². The number of carbonyl (C=O) groups is 1. The summed E-state index contributed by atoms with van der Waals surface area (Å²) in [6, 6.07) is 0.828. The van der Waals surface area contributed by atoms with Crippen LogP contribution in [0.4, 0.5) is 4.79 Å². The third-order valence-corrected chi connectivity index (χ3v) is 2.83. The van der Waals surface area contributed by atoms with Gasteiger partial charge in [-0.25, -0.2) is 4.79 Å². The molecule has 1 rings (SSSR count). The summed E-state index contributed by atoms with van der Waals surface area (Å²) in [4.78, 5) is 11.5. The number of nitrogens with one attached hydrogen (secondary N) is 3. The monoisotopic (exact) mass is 257 g/mol. The van der Waals surface area contributed by atoms with Crippen LogP contribution in [0.1, 0.15) is 40.5 Å². The molecule has 1 amide bonds. The molecule has 0 aromatic rings. The molecule has 0 bridgehead atoms. The molecule has 106 valence electrons. The zero-order valence-electron chi connectivity index (χ0n) is 12.0. The second-order valence-corrected chi connectivity index (χ2v) is 5.99. The first-order chi connectivity index (χ1) is 8.37. The molecule has 2 atom stereocenters. The van der Waals surface area contributed by atoms with E-state index < -0.39 is 5.60 Å². The average Bonchev–Trinajstić information content (AvgIpc) is 2.74. The van der Waals surface area contributed by atoms with E-state index in [4.69, 9.17) is 4.74 Å². The molecule has 0 spiro atoms. The molecule has 0 aromatic heterocycles. The molecule has 3 N–H and O–H groups in total. The van der Waals surface area contributed by atoms with Crippen molar-refractivity contribution in [2.75, 3.05) is 19.6 Å². The lowest BCUT2D eigenvalue weighted by molar-refractivity contribution is 0.0523. The molecule has 1 saturated heterocycles. The number of hydrogen-bond donors (Lipinski definition) is 3. The first-order valence-electron chi connectivity index (χ1n) is 6.80. The highest BCUT2D eigenvalue weighted by Crippen LogP contribution is 2.06. The molecular weight excluding hydrogens is 230 g/mol. The lowest BCUT2D eigenvalue weighted by Crippen LogP contribution is -2.44. The number of ether oxygens (including phenoxy) is 1. The largest absolute Gasteiger partial charge is 0.444 e. The minimum absolute atomic E-state index is 0.250. The Balaban J connectivity index is 2.08. The minimum atomic E-state index is -0.436. The number of rotatable bonds is 5. The van der Waals surface area contributed by atoms with E-state index >= 15 is 0 Å². The molecule has 0 aliphatic carbocycles. The summed E-state index contributed by atoms with van der Waals surface area (Å²) in [5.74, 6) is 0. The Kier molecular flexibility index (Phi) is 5.88. The van der Waals surface area contributed by atoms with Crippen LogP contribution < -0.4 is 16.0 Å². The molecular formula is C13H27N3O2. The fraction of sp³-hybridized carbons (Fsp3) is 0.923. The van der Waals surface area contributed by atoms with Crippen molar-refractivity contribution in [2.45, 2.75) is 58.2 Å². The highest BCUT2D eigenvalue weighted by atomic mass is 16.6. The first-order valence-corrected chi connectivity index (χ1v) is 6.80. The van der Waals surface area contributed by atoms with Crippen LogP contribution >= 0.6 is 0 Å². The van der Waals surface area contributed by atoms with Crippen molar-refractivity contribution in [1.29, 1.82) is 0 Å². The molecule has 0 aromatic carbocycles. The summed E-state index contributed by atoms with van der Waals surface area (Å²) in [5.41, 5.74) is -0.436. The van der Waals surface area contributed by atoms with Crippen LogP contribution in [0, 0.1) is 0 Å². The zero-order chi connectivity index (χ0) is 13.6. The van der Waals surface area contributed by atoms with Crippen molar-refractivity contribution in [3.8, 4) is 0 Å². The summed E-state index contributed by atoms with van der Waals surface area (Å²) < 4.78 is 5.18. The summed E-state index contributed by atoms with van der Waals surface area (Å²) in [7, 11) is 0. The van der Waals surface area contributed by atoms with Gasteiger partial charge in [0.15, 0.2) is 0 Å². The van der Waals surface area contributed by atoms with Gasteiger partial charge in [0.05, 0.1) is 0 Å². The van der Waals surface area contributed by atoms with Gasteiger partial charge < -0.3 is 20.7 Å². The maximum atomic E-state index is 11.5. The van der Waals surface area contributed by atoms with Gasteiger partial charge >= 0.3 is 6.09 Å². The Hall–Kier alpha value is -0.810. The molecule has 1 heterocycles. The van der Waals surface area contributed by atoms with E-state index in [1.165, 1.54) is 12.8 Å². The third kappa shape index (κ3) is 6.81. The van der Waals surface area contributed by atoms with Gasteiger partial charge in [0.2, 0.25) is 0 Å². The second kappa shape index (κ2) is 6.95. The van der Waals surface area contributed by atoms with E-state index in [0.29, 0.717) is 12.6 Å². The SMILES string of the molecule is CC(CNC(=O)OC(C)(C)C)NCC1CCCN1. The third-order valence-electron chi connectivity index (χ3n) is 2.83. The molecule has 1 aliphatic heterocycles. The maximum absolute atomic E-state index is 11.5. The molecule has 2 unspecified atom stereocenters. The van der Waals surface area contributed by atoms with Crippen molar-refractivity contribution in [2.24, 2.45) is 0 Å². The van der Waals surface area contributed by atoms with E-state index in [2.05, 4.69) is 22.9 Å². The molecule has 5 heteroatoms. The predicted octanol–water partition coefficient (Wildman–Crippen LogP) is 1.24. The minimum Gasteiger partial charge on any atom is -0.444 e. The standard InChI is InChI=1S/C13H27N3O2/c1-10(15-9-11-6-5-7-14-11)8-16-12(17)18-13(2,3)4/h10-11,14-15H,5-9H2,1-4H3,(H,16,17). The first kappa shape index (κ1) is 15.2. The van der Waals surface area contributed by atoms with E-state index in [9.17, 15) is 4.79 Å². The quantitative estimate of drug-likeness (QED) is 0.693. The van der Waals surface area contributed by atoms with Gasteiger partial charge in [0.25, 0.3) is 0 Å². The van der Waals surface area contributed by atoms with Crippen molar-refractivity contribution in [3.63, 3.8) is 0 Å². The molecule has 18 heavy (non-hydrogen) atoms. The van der Waals surface area contributed by atoms with Crippen molar-refractivity contribution in [1.82, 2.24) is 16.0 Å². The Bertz CT molecular complexity index is 257. The van der Waals surface area contributed by atoms with Crippen LogP contribution in [-0.2, 0) is 4.74 Å². The van der Waals surface area contributed by atoms with Gasteiger partial charge in [-0.15, -0.1) is 0 Å². The molecule has 5 nitrogen and oxygen atoms in total. The Morgan fingerprint density at radius 2 is 2.22 bits per heavy atom. The Morgan fingerprint density at radius 3 is 2.78 bits per heavy atom. The predicted molar refractivity (Wildman–Crippen MR) is 72.7 cm³/mol. The summed E-state index contributed by atoms with van der Waals surface area (Å²) in [6.45, 7) is 10.3. The van der Waals surface area contributed by atoms with Crippen LogP contribution in [0.5, 0.6) is 0 Å². The number of amides is 1. The fourth-order valence-electron chi connectivity index (χ4n) is 1.90. The van der Waals surface area contributed by atoms with Gasteiger partial charge in [-0.1, -0.05) is 0 Å². The number of hydrogen-bond acceptors (Lipinski definition) is 4. The van der Waals surface area contributed by atoms with Crippen molar-refractivity contribution >= 4 is 6.09 Å². The van der Waals surface area contributed by atoms with Crippen LogP contribution in [0.3, 0.4) is 0 Å². The van der Waals surface area contributed by atoms with Crippen LogP contribution in [0.2, 0.25) is 0 Å². The van der Waals surface area contributed by atoms with Gasteiger partial charge in [-0.2, -0.15) is 0 Å². The Labute approximate surface area is 110 Å². The summed E-state index contributed by atoms with van der Waals surface area (Å²) in [6.07, 6.45) is 2.14. The average molecular weight is 257 g/mol. The smallest absolute Gasteiger partial charge is 0.407 e. The molecule has 1 fully saturated rings. The summed E-state index contributed by atoms with van der Waals surface area (Å²) >= 11 is 0. The topological polar surface area (TPSA) is 62.4 Å². The molecule has 0 saturated carbocycles. The van der Waals surface area contributed by atoms with Crippen LogP contribution in [-0.4, -0.2) is 43.4 Å². The van der Waals surface area contributed by atoms with Gasteiger partial charge in [-0.05, 0) is 47.1 Å².